The third kappa shape index (κ3) is 3.06. The van der Waals surface area contributed by atoms with Gasteiger partial charge in [0, 0.05) is 12.0 Å². The van der Waals surface area contributed by atoms with Gasteiger partial charge in [-0.15, -0.1) is 0 Å². The summed E-state index contributed by atoms with van der Waals surface area (Å²) in [6.07, 6.45) is 3.94. The van der Waals surface area contributed by atoms with E-state index in [0.717, 1.165) is 17.5 Å². The van der Waals surface area contributed by atoms with Gasteiger partial charge in [-0.2, -0.15) is 0 Å². The lowest BCUT2D eigenvalue weighted by Gasteiger charge is -2.10. The van der Waals surface area contributed by atoms with Crippen LogP contribution in [0.5, 0.6) is 11.5 Å². The zero-order chi connectivity index (χ0) is 13.7. The molecule has 1 unspecified atom stereocenters. The molecular weight excluding hydrogens is 246 g/mol. The van der Waals surface area contributed by atoms with Crippen molar-refractivity contribution in [1.82, 2.24) is 5.48 Å². The topological polar surface area (TPSA) is 56.8 Å². The normalized spacial score (nSPS) is 17.6. The highest BCUT2D eigenvalue weighted by Crippen LogP contribution is 2.31. The Hall–Kier alpha value is -2.01. The molecule has 0 bridgehead atoms. The second-order valence-electron chi connectivity index (χ2n) is 4.15. The molecule has 0 spiro atoms. The lowest BCUT2D eigenvalue weighted by Crippen LogP contribution is -2.12. The summed E-state index contributed by atoms with van der Waals surface area (Å²) in [6.45, 7) is 0. The standard InChI is InChI=1S/C14H17NO4/c1-17-13-6-5-10(8-14(13)18-2)12-9-11(19-15-12)4-3-7-16/h5-9,11,15H,3-4H2,1-2H3. The first-order chi connectivity index (χ1) is 9.28. The summed E-state index contributed by atoms with van der Waals surface area (Å²) < 4.78 is 10.5. The Kier molecular flexibility index (Phi) is 4.41. The van der Waals surface area contributed by atoms with Crippen LogP contribution in [0.25, 0.3) is 5.70 Å². The number of hydrogen-bond donors (Lipinski definition) is 1. The van der Waals surface area contributed by atoms with E-state index in [1.165, 1.54) is 0 Å². The molecule has 0 amide bonds. The van der Waals surface area contributed by atoms with E-state index in [1.807, 2.05) is 24.3 Å². The number of hydrogen-bond acceptors (Lipinski definition) is 5. The van der Waals surface area contributed by atoms with Gasteiger partial charge in [0.15, 0.2) is 11.5 Å². The number of ether oxygens (including phenoxy) is 2. The molecule has 1 aromatic rings. The Bertz CT molecular complexity index is 484. The van der Waals surface area contributed by atoms with Crippen molar-refractivity contribution in [3.63, 3.8) is 0 Å². The molecule has 2 rings (SSSR count). The van der Waals surface area contributed by atoms with Gasteiger partial charge in [0.05, 0.1) is 19.9 Å². The number of rotatable bonds is 6. The van der Waals surface area contributed by atoms with Crippen LogP contribution < -0.4 is 15.0 Å². The third-order valence-corrected chi connectivity index (χ3v) is 2.94. The third-order valence-electron chi connectivity index (χ3n) is 2.94. The number of methoxy groups -OCH3 is 2. The summed E-state index contributed by atoms with van der Waals surface area (Å²) in [5.74, 6) is 1.35. The number of carbonyl (C=O) groups is 1. The first kappa shape index (κ1) is 13.4. The smallest absolute Gasteiger partial charge is 0.161 e. The molecule has 0 saturated heterocycles. The number of aldehydes is 1. The average Bonchev–Trinajstić information content (AvgIpc) is 2.93. The van der Waals surface area contributed by atoms with Crippen molar-refractivity contribution < 1.29 is 19.1 Å². The van der Waals surface area contributed by atoms with Gasteiger partial charge in [-0.3, -0.25) is 10.3 Å². The predicted molar refractivity (Wildman–Crippen MR) is 70.8 cm³/mol. The maximum absolute atomic E-state index is 10.3. The Morgan fingerprint density at radius 2 is 2.11 bits per heavy atom. The predicted octanol–water partition coefficient (Wildman–Crippen LogP) is 1.93. The molecule has 0 saturated carbocycles. The highest BCUT2D eigenvalue weighted by atomic mass is 16.7. The molecule has 102 valence electrons. The second-order valence-corrected chi connectivity index (χ2v) is 4.15. The highest BCUT2D eigenvalue weighted by molar-refractivity contribution is 5.67. The summed E-state index contributed by atoms with van der Waals surface area (Å²) in [4.78, 5) is 15.7. The Labute approximate surface area is 112 Å². The van der Waals surface area contributed by atoms with Gasteiger partial charge in [0.25, 0.3) is 0 Å². The van der Waals surface area contributed by atoms with E-state index in [1.54, 1.807) is 14.2 Å². The highest BCUT2D eigenvalue weighted by Gasteiger charge is 2.18. The zero-order valence-corrected chi connectivity index (χ0v) is 11.0. The van der Waals surface area contributed by atoms with Gasteiger partial charge in [-0.25, -0.2) is 0 Å². The van der Waals surface area contributed by atoms with Crippen molar-refractivity contribution in [2.24, 2.45) is 0 Å². The number of hydroxylamine groups is 1. The summed E-state index contributed by atoms with van der Waals surface area (Å²) in [7, 11) is 3.20. The van der Waals surface area contributed by atoms with Crippen molar-refractivity contribution >= 4 is 12.0 Å². The fourth-order valence-electron chi connectivity index (χ4n) is 1.93. The molecule has 1 aliphatic rings. The Morgan fingerprint density at radius 1 is 1.32 bits per heavy atom. The van der Waals surface area contributed by atoms with Gasteiger partial charge in [-0.05, 0) is 30.7 Å². The molecular formula is C14H17NO4. The quantitative estimate of drug-likeness (QED) is 0.795. The summed E-state index contributed by atoms with van der Waals surface area (Å²) >= 11 is 0. The number of benzene rings is 1. The van der Waals surface area contributed by atoms with Crippen molar-refractivity contribution in [2.45, 2.75) is 18.9 Å². The lowest BCUT2D eigenvalue weighted by atomic mass is 10.1. The van der Waals surface area contributed by atoms with Crippen molar-refractivity contribution in [3.8, 4) is 11.5 Å². The molecule has 1 aliphatic heterocycles. The largest absolute Gasteiger partial charge is 0.493 e. The van der Waals surface area contributed by atoms with Gasteiger partial charge in [-0.1, -0.05) is 0 Å². The maximum atomic E-state index is 10.3. The van der Waals surface area contributed by atoms with Crippen LogP contribution in [0.2, 0.25) is 0 Å². The van der Waals surface area contributed by atoms with Crippen LogP contribution in [0, 0.1) is 0 Å². The van der Waals surface area contributed by atoms with E-state index < -0.39 is 0 Å². The van der Waals surface area contributed by atoms with Crippen LogP contribution in [-0.4, -0.2) is 26.6 Å². The maximum Gasteiger partial charge on any atom is 0.161 e. The van der Waals surface area contributed by atoms with E-state index >= 15 is 0 Å². The van der Waals surface area contributed by atoms with Crippen LogP contribution in [0.1, 0.15) is 18.4 Å². The van der Waals surface area contributed by atoms with Crippen molar-refractivity contribution in [1.29, 1.82) is 0 Å². The van der Waals surface area contributed by atoms with Gasteiger partial charge >= 0.3 is 0 Å². The molecule has 1 N–H and O–H groups in total. The minimum absolute atomic E-state index is 0.0757. The number of carbonyl (C=O) groups excluding carboxylic acids is 1. The summed E-state index contributed by atoms with van der Waals surface area (Å²) in [5, 5.41) is 0. The van der Waals surface area contributed by atoms with Gasteiger partial charge in [0.1, 0.15) is 12.4 Å². The van der Waals surface area contributed by atoms with Crippen LogP contribution in [0.3, 0.4) is 0 Å². The first-order valence-corrected chi connectivity index (χ1v) is 6.08. The van der Waals surface area contributed by atoms with E-state index in [2.05, 4.69) is 5.48 Å². The van der Waals surface area contributed by atoms with Gasteiger partial charge < -0.3 is 14.3 Å². The molecule has 0 aliphatic carbocycles. The SMILES string of the molecule is COc1ccc(C2=CC(CCC=O)ON2)cc1OC. The van der Waals surface area contributed by atoms with E-state index in [-0.39, 0.29) is 6.10 Å². The molecule has 1 heterocycles. The van der Waals surface area contributed by atoms with Crippen molar-refractivity contribution in [2.75, 3.05) is 14.2 Å². The molecule has 0 fully saturated rings. The molecule has 0 radical (unpaired) electrons. The fourth-order valence-corrected chi connectivity index (χ4v) is 1.93. The van der Waals surface area contributed by atoms with E-state index in [4.69, 9.17) is 14.3 Å². The van der Waals surface area contributed by atoms with Crippen LogP contribution >= 0.6 is 0 Å². The van der Waals surface area contributed by atoms with Gasteiger partial charge in [0.2, 0.25) is 0 Å². The Balaban J connectivity index is 2.16. The second kappa shape index (κ2) is 6.24. The van der Waals surface area contributed by atoms with Crippen LogP contribution in [-0.2, 0) is 9.63 Å². The monoisotopic (exact) mass is 263 g/mol. The lowest BCUT2D eigenvalue weighted by molar-refractivity contribution is -0.108. The van der Waals surface area contributed by atoms with Crippen LogP contribution in [0.15, 0.2) is 24.3 Å². The molecule has 1 aromatic carbocycles. The van der Waals surface area contributed by atoms with E-state index in [9.17, 15) is 4.79 Å². The fraction of sp³-hybridized carbons (Fsp3) is 0.357. The molecule has 5 heteroatoms. The van der Waals surface area contributed by atoms with Crippen LogP contribution in [0.4, 0.5) is 0 Å². The first-order valence-electron chi connectivity index (χ1n) is 6.08. The minimum Gasteiger partial charge on any atom is -0.493 e. The molecule has 5 nitrogen and oxygen atoms in total. The zero-order valence-electron chi connectivity index (χ0n) is 11.0. The molecule has 19 heavy (non-hydrogen) atoms. The average molecular weight is 263 g/mol. The number of nitrogens with one attached hydrogen (secondary N) is 1. The Morgan fingerprint density at radius 3 is 2.79 bits per heavy atom. The van der Waals surface area contributed by atoms with E-state index in [0.29, 0.717) is 24.3 Å². The van der Waals surface area contributed by atoms with Crippen molar-refractivity contribution in [3.05, 3.63) is 29.8 Å². The summed E-state index contributed by atoms with van der Waals surface area (Å²) in [6, 6.07) is 5.64. The summed E-state index contributed by atoms with van der Waals surface area (Å²) in [5.41, 5.74) is 4.69. The minimum atomic E-state index is -0.0757. The molecule has 0 aromatic heterocycles. The molecule has 1 atom stereocenters.